The van der Waals surface area contributed by atoms with Crippen LogP contribution in [-0.2, 0) is 4.79 Å². The van der Waals surface area contributed by atoms with Gasteiger partial charge < -0.3 is 25.2 Å². The largest absolute Gasteiger partial charge is 0.479 e. The number of carboxylic acids is 1. The Morgan fingerprint density at radius 1 is 1.36 bits per heavy atom. The molecular formula is C20H24N6O6S. The number of unbranched alkanes of at least 4 members (excludes halogenated alkanes) is 1. The zero-order valence-electron chi connectivity index (χ0n) is 18.3. The molecule has 1 heterocycles. The number of thioether (sulfide) groups is 1. The zero-order valence-corrected chi connectivity index (χ0v) is 19.2. The van der Waals surface area contributed by atoms with Crippen molar-refractivity contribution in [1.29, 1.82) is 5.26 Å². The molecule has 0 aliphatic heterocycles. The van der Waals surface area contributed by atoms with Crippen LogP contribution >= 0.6 is 11.8 Å². The molecule has 1 aromatic carbocycles. The normalized spacial score (nSPS) is 11.4. The molecule has 0 saturated heterocycles. The van der Waals surface area contributed by atoms with Crippen LogP contribution in [0.2, 0.25) is 0 Å². The Hall–Kier alpha value is -3.63. The van der Waals surface area contributed by atoms with E-state index in [0.717, 1.165) is 11.8 Å². The maximum absolute atomic E-state index is 11.9. The van der Waals surface area contributed by atoms with Crippen molar-refractivity contribution in [3.8, 4) is 23.6 Å². The van der Waals surface area contributed by atoms with Crippen molar-refractivity contribution in [2.24, 2.45) is 5.73 Å². The van der Waals surface area contributed by atoms with Gasteiger partial charge in [0.25, 0.3) is 0 Å². The number of ether oxygens (including phenoxy) is 2. The summed E-state index contributed by atoms with van der Waals surface area (Å²) >= 11 is 1.07. The number of carbonyl (C=O) groups is 1. The summed E-state index contributed by atoms with van der Waals surface area (Å²) in [5, 5.41) is 30.7. The molecule has 3 N–H and O–H groups in total. The van der Waals surface area contributed by atoms with E-state index in [2.05, 4.69) is 9.97 Å². The van der Waals surface area contributed by atoms with E-state index < -0.39 is 34.4 Å². The molecule has 1 atom stereocenters. The number of aromatic nitrogens is 2. The number of nitrogens with two attached hydrogens (primary N) is 1. The molecule has 0 bridgehead atoms. The van der Waals surface area contributed by atoms with E-state index in [9.17, 15) is 25.3 Å². The fourth-order valence-electron chi connectivity index (χ4n) is 2.78. The van der Waals surface area contributed by atoms with E-state index in [1.165, 1.54) is 6.07 Å². The second-order valence-electron chi connectivity index (χ2n) is 6.95. The minimum absolute atomic E-state index is 0.0829. The third-order valence-electron chi connectivity index (χ3n) is 4.39. The number of nitrogens with zero attached hydrogens (tertiary/aromatic N) is 5. The number of hydrogen-bond acceptors (Lipinski definition) is 11. The number of rotatable bonds is 12. The summed E-state index contributed by atoms with van der Waals surface area (Å²) in [4.78, 5) is 32.6. The Morgan fingerprint density at radius 2 is 2.06 bits per heavy atom. The lowest BCUT2D eigenvalue weighted by atomic mass is 10.1. The van der Waals surface area contributed by atoms with Gasteiger partial charge in [-0.05, 0) is 44.2 Å². The van der Waals surface area contributed by atoms with Crippen LogP contribution in [0.5, 0.6) is 17.5 Å². The highest BCUT2D eigenvalue weighted by atomic mass is 32.2. The molecule has 2 rings (SSSR count). The molecule has 0 radical (unpaired) electrons. The highest BCUT2D eigenvalue weighted by Crippen LogP contribution is 2.41. The lowest BCUT2D eigenvalue weighted by molar-refractivity contribution is -0.387. The summed E-state index contributed by atoms with van der Waals surface area (Å²) in [6.45, 7) is 0.380. The predicted octanol–water partition coefficient (Wildman–Crippen LogP) is 2.80. The first-order valence-corrected chi connectivity index (χ1v) is 11.0. The third-order valence-corrected chi connectivity index (χ3v) is 4.94. The Morgan fingerprint density at radius 3 is 2.61 bits per heavy atom. The minimum atomic E-state index is -1.37. The summed E-state index contributed by atoms with van der Waals surface area (Å²) < 4.78 is 11.3. The molecule has 1 unspecified atom stereocenters. The van der Waals surface area contributed by atoms with Crippen LogP contribution in [0.3, 0.4) is 0 Å². The number of hydrogen-bond donors (Lipinski definition) is 2. The molecule has 0 aliphatic rings. The Balaban J connectivity index is 2.57. The van der Waals surface area contributed by atoms with E-state index in [0.29, 0.717) is 25.1 Å². The van der Waals surface area contributed by atoms with Crippen molar-refractivity contribution < 1.29 is 24.3 Å². The van der Waals surface area contributed by atoms with Gasteiger partial charge in [0.15, 0.2) is 17.0 Å². The van der Waals surface area contributed by atoms with Crippen LogP contribution < -0.4 is 20.1 Å². The fourth-order valence-corrected chi connectivity index (χ4v) is 3.13. The fraction of sp³-hybridized carbons (Fsp3) is 0.400. The molecule has 176 valence electrons. The molecule has 1 aromatic heterocycles. The van der Waals surface area contributed by atoms with Gasteiger partial charge in [-0.1, -0.05) is 11.8 Å². The summed E-state index contributed by atoms with van der Waals surface area (Å²) in [5.74, 6) is -2.09. The molecule has 0 aliphatic carbocycles. The monoisotopic (exact) mass is 476 g/mol. The molecule has 0 saturated carbocycles. The van der Waals surface area contributed by atoms with Gasteiger partial charge in [-0.25, -0.2) is 4.79 Å². The third kappa shape index (κ3) is 6.67. The number of benzene rings is 1. The highest BCUT2D eigenvalue weighted by Gasteiger charge is 2.32. The maximum atomic E-state index is 11.9. The van der Waals surface area contributed by atoms with Crippen LogP contribution in [-0.4, -0.2) is 59.0 Å². The summed E-state index contributed by atoms with van der Waals surface area (Å²) in [5.41, 5.74) is 5.55. The summed E-state index contributed by atoms with van der Waals surface area (Å²) in [6.07, 6.45) is 1.40. The standard InChI is InChI=1S/C20H24N6O6S/c1-25(2)13-8-7-12(11-22)10-15(13)32-18-16(26(29)30)17(23-20(24-18)33-3)31-14(19(27)28)6-4-5-9-21/h7-8,10,14H,4-6,9,21H2,1-3H3,(H,27,28). The minimum Gasteiger partial charge on any atom is -0.479 e. The summed E-state index contributed by atoms with van der Waals surface area (Å²) in [7, 11) is 3.48. The Kier molecular flexibility index (Phi) is 9.19. The van der Waals surface area contributed by atoms with Gasteiger partial charge in [0.05, 0.1) is 22.2 Å². The smallest absolute Gasteiger partial charge is 0.392 e. The first-order valence-electron chi connectivity index (χ1n) is 9.81. The first-order chi connectivity index (χ1) is 15.7. The van der Waals surface area contributed by atoms with Gasteiger partial charge in [-0.3, -0.25) is 10.1 Å². The maximum Gasteiger partial charge on any atom is 0.392 e. The van der Waals surface area contributed by atoms with Crippen LogP contribution in [0.25, 0.3) is 0 Å². The Labute approximate surface area is 194 Å². The van der Waals surface area contributed by atoms with E-state index in [1.54, 1.807) is 37.4 Å². The number of nitriles is 1. The van der Waals surface area contributed by atoms with Gasteiger partial charge in [0.2, 0.25) is 0 Å². The molecule has 33 heavy (non-hydrogen) atoms. The first kappa shape index (κ1) is 25.6. The average molecular weight is 477 g/mol. The quantitative estimate of drug-likeness (QED) is 0.151. The summed E-state index contributed by atoms with van der Waals surface area (Å²) in [6, 6.07) is 6.62. The van der Waals surface area contributed by atoms with Gasteiger partial charge in [0, 0.05) is 20.2 Å². The van der Waals surface area contributed by atoms with Crippen LogP contribution in [0.4, 0.5) is 11.4 Å². The Bertz CT molecular complexity index is 1060. The number of nitro groups is 1. The lowest BCUT2D eigenvalue weighted by Crippen LogP contribution is -2.28. The number of aliphatic carboxylic acids is 1. The SMILES string of the molecule is CSc1nc(Oc2cc(C#N)ccc2N(C)C)c([N+](=O)[O-])c(OC(CCCCN)C(=O)O)n1. The molecule has 13 heteroatoms. The lowest BCUT2D eigenvalue weighted by Gasteiger charge is -2.18. The van der Waals surface area contributed by atoms with E-state index >= 15 is 0 Å². The van der Waals surface area contributed by atoms with Gasteiger partial charge in [-0.2, -0.15) is 15.2 Å². The molecule has 2 aromatic rings. The number of anilines is 1. The zero-order chi connectivity index (χ0) is 24.5. The molecule has 0 fully saturated rings. The van der Waals surface area contributed by atoms with Crippen molar-refractivity contribution >= 4 is 29.1 Å². The second kappa shape index (κ2) is 11.8. The van der Waals surface area contributed by atoms with Crippen molar-refractivity contribution in [3.63, 3.8) is 0 Å². The average Bonchev–Trinajstić information content (AvgIpc) is 2.77. The van der Waals surface area contributed by atoms with E-state index in [4.69, 9.17) is 15.2 Å². The molecule has 0 amide bonds. The van der Waals surface area contributed by atoms with Crippen LogP contribution in [0.15, 0.2) is 23.4 Å². The van der Waals surface area contributed by atoms with E-state index in [-0.39, 0.29) is 22.9 Å². The second-order valence-corrected chi connectivity index (χ2v) is 7.72. The number of carboxylic acid groups (broad SMARTS) is 1. The van der Waals surface area contributed by atoms with Gasteiger partial charge in [0.1, 0.15) is 0 Å². The molecular weight excluding hydrogens is 452 g/mol. The van der Waals surface area contributed by atoms with Crippen molar-refractivity contribution in [2.75, 3.05) is 31.8 Å². The molecule has 0 spiro atoms. The van der Waals surface area contributed by atoms with Crippen LogP contribution in [0.1, 0.15) is 24.8 Å². The van der Waals surface area contributed by atoms with Crippen LogP contribution in [0, 0.1) is 21.4 Å². The van der Waals surface area contributed by atoms with Crippen molar-refractivity contribution in [2.45, 2.75) is 30.5 Å². The van der Waals surface area contributed by atoms with Crippen molar-refractivity contribution in [3.05, 3.63) is 33.9 Å². The van der Waals surface area contributed by atoms with E-state index in [1.807, 2.05) is 6.07 Å². The molecule has 12 nitrogen and oxygen atoms in total. The highest BCUT2D eigenvalue weighted by molar-refractivity contribution is 7.98. The predicted molar refractivity (Wildman–Crippen MR) is 121 cm³/mol. The van der Waals surface area contributed by atoms with Gasteiger partial charge >= 0.3 is 23.4 Å². The topological polar surface area (TPSA) is 178 Å². The van der Waals surface area contributed by atoms with Crippen molar-refractivity contribution in [1.82, 2.24) is 9.97 Å². The van der Waals surface area contributed by atoms with Gasteiger partial charge in [-0.15, -0.1) is 0 Å².